The van der Waals surface area contributed by atoms with Crippen molar-refractivity contribution in [3.63, 3.8) is 0 Å². The molecule has 3 aliphatic rings. The van der Waals surface area contributed by atoms with Gasteiger partial charge in [0.05, 0.1) is 0 Å². The highest BCUT2D eigenvalue weighted by atomic mass is 35.5. The number of hydrogen-bond donors (Lipinski definition) is 0. The molecule has 5 nitrogen and oxygen atoms in total. The van der Waals surface area contributed by atoms with Gasteiger partial charge in [-0.25, -0.2) is 9.97 Å². The van der Waals surface area contributed by atoms with Crippen molar-refractivity contribution in [2.45, 2.75) is 69.8 Å². The lowest BCUT2D eigenvalue weighted by molar-refractivity contribution is 0.0708. The van der Waals surface area contributed by atoms with Crippen molar-refractivity contribution in [3.05, 3.63) is 46.6 Å². The molecule has 0 N–H and O–H groups in total. The van der Waals surface area contributed by atoms with Crippen molar-refractivity contribution in [1.82, 2.24) is 14.9 Å². The molecule has 1 aromatic heterocycles. The lowest BCUT2D eigenvalue weighted by atomic mass is 9.65. The van der Waals surface area contributed by atoms with Crippen LogP contribution in [0.3, 0.4) is 0 Å². The van der Waals surface area contributed by atoms with Crippen LogP contribution < -0.4 is 4.90 Å². The van der Waals surface area contributed by atoms with Crippen LogP contribution in [-0.2, 0) is 5.75 Å². The number of likely N-dealkylation sites (tertiary alicyclic amines) is 1. The number of rotatable bonds is 5. The van der Waals surface area contributed by atoms with Gasteiger partial charge in [-0.3, -0.25) is 4.79 Å². The molecule has 176 valence electrons. The van der Waals surface area contributed by atoms with Crippen molar-refractivity contribution < 1.29 is 4.79 Å². The highest BCUT2D eigenvalue weighted by Crippen LogP contribution is 2.52. The first-order chi connectivity index (χ1) is 15.7. The monoisotopic (exact) mass is 484 g/mol. The first-order valence-corrected chi connectivity index (χ1v) is 13.4. The number of aromatic nitrogens is 2. The van der Waals surface area contributed by atoms with Crippen LogP contribution in [0.4, 0.5) is 5.82 Å². The molecule has 0 spiro atoms. The first kappa shape index (κ1) is 23.0. The number of halogens is 1. The Morgan fingerprint density at radius 3 is 2.73 bits per heavy atom. The zero-order valence-electron chi connectivity index (χ0n) is 19.8. The molecule has 7 heteroatoms. The minimum Gasteiger partial charge on any atom is -0.356 e. The summed E-state index contributed by atoms with van der Waals surface area (Å²) < 4.78 is 0. The van der Waals surface area contributed by atoms with Crippen LogP contribution in [0.2, 0.25) is 5.15 Å². The molecule has 2 atom stereocenters. The van der Waals surface area contributed by atoms with E-state index in [0.29, 0.717) is 27.5 Å². The quantitative estimate of drug-likeness (QED) is 0.293. The van der Waals surface area contributed by atoms with Crippen molar-refractivity contribution in [2.75, 3.05) is 24.5 Å². The number of fused-ring (bicyclic) bond motifs is 2. The van der Waals surface area contributed by atoms with E-state index >= 15 is 0 Å². The molecule has 5 rings (SSSR count). The van der Waals surface area contributed by atoms with Gasteiger partial charge in [0.1, 0.15) is 11.0 Å². The van der Waals surface area contributed by atoms with E-state index in [1.807, 2.05) is 24.3 Å². The minimum absolute atomic E-state index is 0.170. The molecule has 2 saturated heterocycles. The number of carbonyl (C=O) groups is 1. The average Bonchev–Trinajstić information content (AvgIpc) is 3.37. The zero-order chi connectivity index (χ0) is 23.2. The standard InChI is InChI=1S/C26H33ClN4OS/c1-25(2)13-20-14-26(3,16-25)17-31(20)23(32)19-8-6-7-18(11-19)15-33-24-28-21(27)12-22(29-24)30-9-4-5-10-30/h6-8,11-12,20H,4-5,9-10,13-17H2,1-3H3. The Hall–Kier alpha value is -1.79. The molecule has 1 saturated carbocycles. The Labute approximate surface area is 206 Å². The fourth-order valence-corrected chi connectivity index (χ4v) is 7.39. The predicted molar refractivity (Wildman–Crippen MR) is 135 cm³/mol. The molecular formula is C26H33ClN4OS. The number of benzene rings is 1. The number of anilines is 1. The van der Waals surface area contributed by atoms with Gasteiger partial charge in [0.15, 0.2) is 5.16 Å². The van der Waals surface area contributed by atoms with Crippen LogP contribution in [0.1, 0.15) is 68.8 Å². The van der Waals surface area contributed by atoms with Crippen LogP contribution in [0.25, 0.3) is 0 Å². The van der Waals surface area contributed by atoms with E-state index in [4.69, 9.17) is 16.6 Å². The van der Waals surface area contributed by atoms with Crippen molar-refractivity contribution in [2.24, 2.45) is 10.8 Å². The van der Waals surface area contributed by atoms with Crippen LogP contribution in [0, 0.1) is 10.8 Å². The van der Waals surface area contributed by atoms with Gasteiger partial charge in [-0.05, 0) is 60.6 Å². The van der Waals surface area contributed by atoms with E-state index in [1.165, 1.54) is 19.3 Å². The fourth-order valence-electron chi connectivity index (χ4n) is 6.36. The average molecular weight is 485 g/mol. The summed E-state index contributed by atoms with van der Waals surface area (Å²) in [5.41, 5.74) is 2.43. The summed E-state index contributed by atoms with van der Waals surface area (Å²) in [6, 6.07) is 10.3. The van der Waals surface area contributed by atoms with Crippen LogP contribution >= 0.6 is 23.4 Å². The van der Waals surface area contributed by atoms with Gasteiger partial charge in [0.25, 0.3) is 5.91 Å². The molecule has 1 aliphatic carbocycles. The number of hydrogen-bond acceptors (Lipinski definition) is 5. The minimum atomic E-state index is 0.170. The molecule has 3 fully saturated rings. The molecule has 2 bridgehead atoms. The van der Waals surface area contributed by atoms with Crippen molar-refractivity contribution >= 4 is 35.1 Å². The molecule has 0 radical (unpaired) electrons. The van der Waals surface area contributed by atoms with Crippen LogP contribution in [0.5, 0.6) is 0 Å². The molecule has 33 heavy (non-hydrogen) atoms. The van der Waals surface area contributed by atoms with E-state index in [0.717, 1.165) is 49.4 Å². The summed E-state index contributed by atoms with van der Waals surface area (Å²) in [5.74, 6) is 1.79. The van der Waals surface area contributed by atoms with Gasteiger partial charge < -0.3 is 9.80 Å². The SMILES string of the molecule is CC1(C)CC2CC(C)(CN2C(=O)c2cccc(CSc3nc(Cl)cc(N4CCCC4)n3)c2)C1. The third-order valence-corrected chi connectivity index (χ3v) is 8.42. The number of amides is 1. The van der Waals surface area contributed by atoms with Gasteiger partial charge in [0.2, 0.25) is 0 Å². The van der Waals surface area contributed by atoms with E-state index in [1.54, 1.807) is 11.8 Å². The second kappa shape index (κ2) is 8.77. The molecule has 3 heterocycles. The molecule has 2 aliphatic heterocycles. The number of thioether (sulfide) groups is 1. The number of carbonyl (C=O) groups excluding carboxylic acids is 1. The summed E-state index contributed by atoms with van der Waals surface area (Å²) in [4.78, 5) is 27.0. The lowest BCUT2D eigenvalue weighted by Crippen LogP contribution is -2.37. The van der Waals surface area contributed by atoms with E-state index < -0.39 is 0 Å². The second-order valence-electron chi connectivity index (χ2n) is 11.2. The van der Waals surface area contributed by atoms with Crippen molar-refractivity contribution in [1.29, 1.82) is 0 Å². The smallest absolute Gasteiger partial charge is 0.254 e. The van der Waals surface area contributed by atoms with Gasteiger partial charge >= 0.3 is 0 Å². The van der Waals surface area contributed by atoms with E-state index in [-0.39, 0.29) is 11.3 Å². The lowest BCUT2D eigenvalue weighted by Gasteiger charge is -2.39. The summed E-state index contributed by atoms with van der Waals surface area (Å²) in [5, 5.41) is 1.17. The molecule has 1 aromatic carbocycles. The fraction of sp³-hybridized carbons (Fsp3) is 0.577. The van der Waals surface area contributed by atoms with E-state index in [9.17, 15) is 4.79 Å². The maximum atomic E-state index is 13.5. The highest BCUT2D eigenvalue weighted by Gasteiger charge is 2.51. The maximum absolute atomic E-state index is 13.5. The summed E-state index contributed by atoms with van der Waals surface area (Å²) in [7, 11) is 0. The van der Waals surface area contributed by atoms with Gasteiger partial charge in [-0.15, -0.1) is 0 Å². The maximum Gasteiger partial charge on any atom is 0.254 e. The second-order valence-corrected chi connectivity index (χ2v) is 12.5. The highest BCUT2D eigenvalue weighted by molar-refractivity contribution is 7.98. The molecule has 2 aromatic rings. The third kappa shape index (κ3) is 5.02. The molecule has 2 unspecified atom stereocenters. The van der Waals surface area contributed by atoms with Gasteiger partial charge in [-0.2, -0.15) is 0 Å². The summed E-state index contributed by atoms with van der Waals surface area (Å²) in [6.07, 6.45) is 5.80. The van der Waals surface area contributed by atoms with E-state index in [2.05, 4.69) is 41.6 Å². The Balaban J connectivity index is 1.28. The molecule has 1 amide bonds. The zero-order valence-corrected chi connectivity index (χ0v) is 21.4. The third-order valence-electron chi connectivity index (χ3n) is 7.31. The predicted octanol–water partition coefficient (Wildman–Crippen LogP) is 6.06. The Kier molecular flexibility index (Phi) is 6.11. The summed E-state index contributed by atoms with van der Waals surface area (Å²) >= 11 is 7.85. The largest absolute Gasteiger partial charge is 0.356 e. The van der Waals surface area contributed by atoms with Crippen LogP contribution in [-0.4, -0.2) is 46.5 Å². The Morgan fingerprint density at radius 2 is 1.94 bits per heavy atom. The Morgan fingerprint density at radius 1 is 1.15 bits per heavy atom. The van der Waals surface area contributed by atoms with Crippen molar-refractivity contribution in [3.8, 4) is 0 Å². The Bertz CT molecular complexity index is 1050. The molecular weight excluding hydrogens is 452 g/mol. The van der Waals surface area contributed by atoms with Crippen LogP contribution in [0.15, 0.2) is 35.5 Å². The first-order valence-electron chi connectivity index (χ1n) is 12.0. The normalized spacial score (nSPS) is 26.1. The topological polar surface area (TPSA) is 49.3 Å². The van der Waals surface area contributed by atoms with Gasteiger partial charge in [0, 0.05) is 43.1 Å². The van der Waals surface area contributed by atoms with Gasteiger partial charge in [-0.1, -0.05) is 56.3 Å². The summed E-state index contributed by atoms with van der Waals surface area (Å²) in [6.45, 7) is 9.95. The number of nitrogens with zero attached hydrogens (tertiary/aromatic N) is 4.